The number of nitrogens with two attached hydrogens (primary N) is 1. The fourth-order valence-corrected chi connectivity index (χ4v) is 4.20. The summed E-state index contributed by atoms with van der Waals surface area (Å²) < 4.78 is 18.4. The van der Waals surface area contributed by atoms with Gasteiger partial charge in [-0.2, -0.15) is 0 Å². The van der Waals surface area contributed by atoms with Crippen LogP contribution in [0.1, 0.15) is 17.2 Å². The molecule has 3 nitrogen and oxygen atoms in total. The van der Waals surface area contributed by atoms with Gasteiger partial charge in [0.25, 0.3) is 0 Å². The summed E-state index contributed by atoms with van der Waals surface area (Å²) >= 11 is 6.12. The summed E-state index contributed by atoms with van der Waals surface area (Å²) in [7, 11) is -1.25. The molecule has 0 fully saturated rings. The van der Waals surface area contributed by atoms with Gasteiger partial charge in [-0.3, -0.25) is 4.21 Å². The van der Waals surface area contributed by atoms with Crippen LogP contribution in [0.3, 0.4) is 0 Å². The summed E-state index contributed by atoms with van der Waals surface area (Å²) in [5, 5.41) is 0.478. The lowest BCUT2D eigenvalue weighted by molar-refractivity contribution is 0.0582. The molecule has 5 heteroatoms. The van der Waals surface area contributed by atoms with Crippen LogP contribution < -0.4 is 5.73 Å². The number of ether oxygens (including phenoxy) is 1. The second-order valence-electron chi connectivity index (χ2n) is 5.01. The van der Waals surface area contributed by atoms with E-state index in [1.807, 2.05) is 18.2 Å². The SMILES string of the molecule is Nc1ccc(Cl)c(S(=O)CC2OCCc3ccccc32)c1. The molecular formula is C16H16ClNO2S. The third kappa shape index (κ3) is 3.12. The van der Waals surface area contributed by atoms with Gasteiger partial charge in [-0.1, -0.05) is 35.9 Å². The van der Waals surface area contributed by atoms with Gasteiger partial charge in [0.1, 0.15) is 0 Å². The molecule has 3 rings (SSSR count). The molecule has 0 bridgehead atoms. The maximum absolute atomic E-state index is 12.6. The summed E-state index contributed by atoms with van der Waals surface area (Å²) in [6.07, 6.45) is 0.742. The van der Waals surface area contributed by atoms with Crippen molar-refractivity contribution in [3.63, 3.8) is 0 Å². The zero-order valence-corrected chi connectivity index (χ0v) is 13.0. The lowest BCUT2D eigenvalue weighted by Gasteiger charge is -2.25. The number of anilines is 1. The molecule has 0 saturated heterocycles. The number of nitrogen functional groups attached to an aromatic ring is 1. The van der Waals surface area contributed by atoms with Gasteiger partial charge in [0.15, 0.2) is 0 Å². The van der Waals surface area contributed by atoms with Crippen molar-refractivity contribution in [2.24, 2.45) is 0 Å². The monoisotopic (exact) mass is 321 g/mol. The van der Waals surface area contributed by atoms with E-state index < -0.39 is 10.8 Å². The fraction of sp³-hybridized carbons (Fsp3) is 0.250. The van der Waals surface area contributed by atoms with Crippen molar-refractivity contribution in [1.82, 2.24) is 0 Å². The molecular weight excluding hydrogens is 306 g/mol. The van der Waals surface area contributed by atoms with Crippen LogP contribution in [0.5, 0.6) is 0 Å². The first kappa shape index (κ1) is 14.6. The smallest absolute Gasteiger partial charge is 0.0946 e. The van der Waals surface area contributed by atoms with E-state index in [1.165, 1.54) is 5.56 Å². The van der Waals surface area contributed by atoms with Crippen LogP contribution in [-0.2, 0) is 22.0 Å². The van der Waals surface area contributed by atoms with Crippen molar-refractivity contribution in [2.75, 3.05) is 18.1 Å². The Bertz CT molecular complexity index is 690. The normalized spacial score (nSPS) is 19.0. The summed E-state index contributed by atoms with van der Waals surface area (Å²) in [5.74, 6) is 0.389. The van der Waals surface area contributed by atoms with Crippen LogP contribution in [0.2, 0.25) is 5.02 Å². The number of halogens is 1. The zero-order chi connectivity index (χ0) is 14.8. The van der Waals surface area contributed by atoms with E-state index in [0.717, 1.165) is 12.0 Å². The molecule has 0 aromatic heterocycles. The third-order valence-corrected chi connectivity index (χ3v) is 5.47. The number of hydrogen-bond acceptors (Lipinski definition) is 3. The Morgan fingerprint density at radius 3 is 2.95 bits per heavy atom. The Kier molecular flexibility index (Phi) is 4.29. The van der Waals surface area contributed by atoms with E-state index in [2.05, 4.69) is 6.07 Å². The van der Waals surface area contributed by atoms with E-state index in [0.29, 0.717) is 28.0 Å². The van der Waals surface area contributed by atoms with Gasteiger partial charge in [-0.05, 0) is 35.7 Å². The standard InChI is InChI=1S/C16H16ClNO2S/c17-14-6-5-12(18)9-16(14)21(19)10-15-13-4-2-1-3-11(13)7-8-20-15/h1-6,9,15H,7-8,10,18H2. The molecule has 1 aliphatic rings. The predicted molar refractivity (Wildman–Crippen MR) is 86.0 cm³/mol. The lowest BCUT2D eigenvalue weighted by atomic mass is 9.99. The molecule has 2 N–H and O–H groups in total. The Balaban J connectivity index is 1.84. The highest BCUT2D eigenvalue weighted by Crippen LogP contribution is 2.30. The molecule has 110 valence electrons. The Labute approximate surface area is 131 Å². The van der Waals surface area contributed by atoms with Crippen molar-refractivity contribution < 1.29 is 8.95 Å². The fourth-order valence-electron chi connectivity index (χ4n) is 2.54. The summed E-state index contributed by atoms with van der Waals surface area (Å²) in [5.41, 5.74) is 8.70. The Morgan fingerprint density at radius 2 is 2.10 bits per heavy atom. The van der Waals surface area contributed by atoms with Gasteiger partial charge in [-0.25, -0.2) is 0 Å². The minimum atomic E-state index is -1.25. The average Bonchev–Trinajstić information content (AvgIpc) is 2.50. The molecule has 21 heavy (non-hydrogen) atoms. The van der Waals surface area contributed by atoms with Crippen LogP contribution in [0.25, 0.3) is 0 Å². The number of hydrogen-bond donors (Lipinski definition) is 1. The second kappa shape index (κ2) is 6.18. The van der Waals surface area contributed by atoms with Crippen molar-refractivity contribution in [2.45, 2.75) is 17.4 Å². The lowest BCUT2D eigenvalue weighted by Crippen LogP contribution is -2.21. The highest BCUT2D eigenvalue weighted by Gasteiger charge is 2.23. The van der Waals surface area contributed by atoms with Crippen LogP contribution >= 0.6 is 11.6 Å². The highest BCUT2D eigenvalue weighted by molar-refractivity contribution is 7.85. The summed E-state index contributed by atoms with van der Waals surface area (Å²) in [4.78, 5) is 0.573. The van der Waals surface area contributed by atoms with Crippen molar-refractivity contribution in [3.05, 3.63) is 58.6 Å². The predicted octanol–water partition coefficient (Wildman–Crippen LogP) is 3.34. The molecule has 0 saturated carbocycles. The Hall–Kier alpha value is -1.36. The number of fused-ring (bicyclic) bond motifs is 1. The van der Waals surface area contributed by atoms with Gasteiger partial charge < -0.3 is 10.5 Å². The number of benzene rings is 2. The molecule has 0 spiro atoms. The summed E-state index contributed by atoms with van der Waals surface area (Å²) in [6.45, 7) is 0.656. The first-order valence-corrected chi connectivity index (χ1v) is 8.47. The molecule has 2 atom stereocenters. The van der Waals surface area contributed by atoms with Gasteiger partial charge >= 0.3 is 0 Å². The van der Waals surface area contributed by atoms with Gasteiger partial charge in [0.2, 0.25) is 0 Å². The molecule has 1 heterocycles. The van der Waals surface area contributed by atoms with Gasteiger partial charge in [-0.15, -0.1) is 0 Å². The van der Waals surface area contributed by atoms with E-state index in [9.17, 15) is 4.21 Å². The maximum Gasteiger partial charge on any atom is 0.0946 e. The first-order chi connectivity index (χ1) is 10.1. The first-order valence-electron chi connectivity index (χ1n) is 6.78. The van der Waals surface area contributed by atoms with E-state index in [-0.39, 0.29) is 6.10 Å². The van der Waals surface area contributed by atoms with E-state index >= 15 is 0 Å². The van der Waals surface area contributed by atoms with Gasteiger partial charge in [0.05, 0.1) is 39.2 Å². The second-order valence-corrected chi connectivity index (χ2v) is 6.88. The van der Waals surface area contributed by atoms with E-state index in [4.69, 9.17) is 22.1 Å². The van der Waals surface area contributed by atoms with Crippen molar-refractivity contribution in [3.8, 4) is 0 Å². The largest absolute Gasteiger partial charge is 0.399 e. The van der Waals surface area contributed by atoms with Crippen LogP contribution in [0, 0.1) is 0 Å². The zero-order valence-electron chi connectivity index (χ0n) is 11.4. The number of rotatable bonds is 3. The van der Waals surface area contributed by atoms with Gasteiger partial charge in [0, 0.05) is 5.69 Å². The molecule has 2 unspecified atom stereocenters. The quantitative estimate of drug-likeness (QED) is 0.882. The Morgan fingerprint density at radius 1 is 1.29 bits per heavy atom. The maximum atomic E-state index is 12.6. The van der Waals surface area contributed by atoms with Crippen LogP contribution in [-0.4, -0.2) is 16.6 Å². The molecule has 0 amide bonds. The minimum Gasteiger partial charge on any atom is -0.399 e. The van der Waals surface area contributed by atoms with Crippen molar-refractivity contribution in [1.29, 1.82) is 0 Å². The molecule has 0 radical (unpaired) electrons. The molecule has 0 aliphatic carbocycles. The van der Waals surface area contributed by atoms with Crippen molar-refractivity contribution >= 4 is 28.1 Å². The third-order valence-electron chi connectivity index (χ3n) is 3.60. The summed E-state index contributed by atoms with van der Waals surface area (Å²) in [6, 6.07) is 13.2. The minimum absolute atomic E-state index is 0.159. The van der Waals surface area contributed by atoms with Crippen LogP contribution in [0.15, 0.2) is 47.4 Å². The molecule has 2 aromatic carbocycles. The topological polar surface area (TPSA) is 52.3 Å². The van der Waals surface area contributed by atoms with Crippen LogP contribution in [0.4, 0.5) is 5.69 Å². The highest BCUT2D eigenvalue weighted by atomic mass is 35.5. The van der Waals surface area contributed by atoms with E-state index in [1.54, 1.807) is 18.2 Å². The molecule has 2 aromatic rings. The molecule has 1 aliphatic heterocycles. The average molecular weight is 322 g/mol.